The molecule has 0 aliphatic rings. The van der Waals surface area contributed by atoms with Crippen LogP contribution in [0.2, 0.25) is 0 Å². The Labute approximate surface area is 145 Å². The zero-order valence-corrected chi connectivity index (χ0v) is 14.1. The smallest absolute Gasteiger partial charge is 0.335 e. The fourth-order valence-electron chi connectivity index (χ4n) is 2.59. The normalized spacial score (nSPS) is 11.6. The summed E-state index contributed by atoms with van der Waals surface area (Å²) in [5, 5.41) is 11.3. The van der Waals surface area contributed by atoms with E-state index in [0.717, 1.165) is 17.4 Å². The molecule has 2 aromatic rings. The van der Waals surface area contributed by atoms with Crippen LogP contribution in [-0.4, -0.2) is 24.1 Å². The summed E-state index contributed by atoms with van der Waals surface area (Å²) in [4.78, 5) is 22.9. The Balaban J connectivity index is 1.96. The van der Waals surface area contributed by atoms with Gasteiger partial charge in [-0.25, -0.2) is 9.18 Å². The van der Waals surface area contributed by atoms with Crippen LogP contribution >= 0.6 is 0 Å². The number of carbonyl (C=O) groups excluding carboxylic acids is 1. The number of hydrogen-bond acceptors (Lipinski definition) is 3. The summed E-state index contributed by atoms with van der Waals surface area (Å²) in [7, 11) is 1.60. The molecule has 0 aliphatic heterocycles. The van der Waals surface area contributed by atoms with Crippen LogP contribution in [0.3, 0.4) is 0 Å². The number of halogens is 1. The van der Waals surface area contributed by atoms with E-state index in [0.29, 0.717) is 6.42 Å². The molecule has 0 saturated carbocycles. The summed E-state index contributed by atoms with van der Waals surface area (Å²) < 4.78 is 19.2. The number of benzene rings is 2. The summed E-state index contributed by atoms with van der Waals surface area (Å²) in [6.45, 7) is 1.93. The number of para-hydroxylation sites is 1. The number of carboxylic acid groups (broad SMARTS) is 1. The maximum Gasteiger partial charge on any atom is 0.335 e. The third kappa shape index (κ3) is 5.04. The van der Waals surface area contributed by atoms with E-state index in [-0.39, 0.29) is 29.5 Å². The van der Waals surface area contributed by atoms with Gasteiger partial charge in [-0.1, -0.05) is 25.1 Å². The largest absolute Gasteiger partial charge is 0.496 e. The number of carboxylic acids is 1. The summed E-state index contributed by atoms with van der Waals surface area (Å²) in [6.07, 6.45) is 0.857. The maximum atomic E-state index is 13.9. The van der Waals surface area contributed by atoms with E-state index in [1.807, 2.05) is 31.2 Å². The van der Waals surface area contributed by atoms with Gasteiger partial charge in [0.15, 0.2) is 0 Å². The molecule has 1 atom stereocenters. The first-order valence-electron chi connectivity index (χ1n) is 7.85. The molecule has 0 saturated heterocycles. The number of aromatic carboxylic acids is 1. The second kappa shape index (κ2) is 8.28. The number of anilines is 1. The minimum absolute atomic E-state index is 0.0256. The van der Waals surface area contributed by atoms with Crippen molar-refractivity contribution in [3.63, 3.8) is 0 Å². The summed E-state index contributed by atoms with van der Waals surface area (Å²) in [5.41, 5.74) is 0.807. The van der Waals surface area contributed by atoms with Gasteiger partial charge in [0.2, 0.25) is 5.91 Å². The molecule has 25 heavy (non-hydrogen) atoms. The van der Waals surface area contributed by atoms with Gasteiger partial charge in [-0.3, -0.25) is 4.79 Å². The van der Waals surface area contributed by atoms with Crippen LogP contribution in [-0.2, 0) is 11.2 Å². The molecule has 0 spiro atoms. The molecule has 2 rings (SSSR count). The Hall–Kier alpha value is -2.89. The number of rotatable bonds is 7. The third-order valence-electron chi connectivity index (χ3n) is 3.78. The highest BCUT2D eigenvalue weighted by atomic mass is 19.1. The molecule has 6 heteroatoms. The highest BCUT2D eigenvalue weighted by Gasteiger charge is 2.15. The van der Waals surface area contributed by atoms with Crippen molar-refractivity contribution in [3.8, 4) is 5.75 Å². The molecule has 2 N–H and O–H groups in total. The zero-order valence-electron chi connectivity index (χ0n) is 14.1. The Kier molecular flexibility index (Phi) is 6.11. The number of hydrogen-bond donors (Lipinski definition) is 2. The molecule has 0 bridgehead atoms. The van der Waals surface area contributed by atoms with Crippen molar-refractivity contribution in [1.82, 2.24) is 0 Å². The van der Waals surface area contributed by atoms with Crippen molar-refractivity contribution in [1.29, 1.82) is 0 Å². The Bertz CT molecular complexity index is 776. The van der Waals surface area contributed by atoms with Crippen molar-refractivity contribution in [3.05, 3.63) is 59.4 Å². The molecule has 0 aromatic heterocycles. The van der Waals surface area contributed by atoms with Gasteiger partial charge in [0.1, 0.15) is 11.6 Å². The molecule has 0 aliphatic carbocycles. The van der Waals surface area contributed by atoms with Crippen LogP contribution < -0.4 is 10.1 Å². The first-order chi connectivity index (χ1) is 11.9. The second-order valence-electron chi connectivity index (χ2n) is 5.87. The quantitative estimate of drug-likeness (QED) is 0.801. The standard InChI is InChI=1S/C19H20FNO4/c1-12(9-13-5-3-4-6-17(13)25-2)10-18(22)21-16-8-7-14(19(23)24)11-15(16)20/h3-8,11-12H,9-10H2,1-2H3,(H,21,22)(H,23,24). The topological polar surface area (TPSA) is 75.6 Å². The highest BCUT2D eigenvalue weighted by Crippen LogP contribution is 2.23. The van der Waals surface area contributed by atoms with Gasteiger partial charge in [-0.05, 0) is 42.2 Å². The number of carbonyl (C=O) groups is 2. The molecular formula is C19H20FNO4. The van der Waals surface area contributed by atoms with E-state index in [9.17, 15) is 14.0 Å². The van der Waals surface area contributed by atoms with Gasteiger partial charge in [-0.15, -0.1) is 0 Å². The fraction of sp³-hybridized carbons (Fsp3) is 0.263. The van der Waals surface area contributed by atoms with E-state index in [1.54, 1.807) is 7.11 Å². The molecule has 0 heterocycles. The second-order valence-corrected chi connectivity index (χ2v) is 5.87. The third-order valence-corrected chi connectivity index (χ3v) is 3.78. The zero-order chi connectivity index (χ0) is 18.4. The maximum absolute atomic E-state index is 13.9. The van der Waals surface area contributed by atoms with Gasteiger partial charge in [0.25, 0.3) is 0 Å². The predicted molar refractivity (Wildman–Crippen MR) is 92.5 cm³/mol. The van der Waals surface area contributed by atoms with E-state index in [4.69, 9.17) is 9.84 Å². The molecule has 1 amide bonds. The molecule has 0 radical (unpaired) electrons. The lowest BCUT2D eigenvalue weighted by atomic mass is 9.97. The SMILES string of the molecule is COc1ccccc1CC(C)CC(=O)Nc1ccc(C(=O)O)cc1F. The Morgan fingerprint density at radius 2 is 1.96 bits per heavy atom. The minimum atomic E-state index is -1.22. The lowest BCUT2D eigenvalue weighted by Gasteiger charge is -2.14. The summed E-state index contributed by atoms with van der Waals surface area (Å²) in [5.74, 6) is -1.53. The molecule has 132 valence electrons. The van der Waals surface area contributed by atoms with Crippen molar-refractivity contribution < 1.29 is 23.8 Å². The number of nitrogens with one attached hydrogen (secondary N) is 1. The number of ether oxygens (including phenoxy) is 1. The molecule has 1 unspecified atom stereocenters. The minimum Gasteiger partial charge on any atom is -0.496 e. The first-order valence-corrected chi connectivity index (χ1v) is 7.85. The number of methoxy groups -OCH3 is 1. The van der Waals surface area contributed by atoms with Crippen LogP contribution in [0.4, 0.5) is 10.1 Å². The summed E-state index contributed by atoms with van der Waals surface area (Å²) >= 11 is 0. The van der Waals surface area contributed by atoms with Crippen LogP contribution in [0.1, 0.15) is 29.3 Å². The van der Waals surface area contributed by atoms with Crippen LogP contribution in [0.15, 0.2) is 42.5 Å². The van der Waals surface area contributed by atoms with Crippen molar-refractivity contribution >= 4 is 17.6 Å². The monoisotopic (exact) mass is 345 g/mol. The molecular weight excluding hydrogens is 325 g/mol. The van der Waals surface area contributed by atoms with E-state index in [1.165, 1.54) is 12.1 Å². The van der Waals surface area contributed by atoms with Gasteiger partial charge in [-0.2, -0.15) is 0 Å². The van der Waals surface area contributed by atoms with E-state index < -0.39 is 11.8 Å². The average molecular weight is 345 g/mol. The fourth-order valence-corrected chi connectivity index (χ4v) is 2.59. The molecule has 5 nitrogen and oxygen atoms in total. The van der Waals surface area contributed by atoms with Crippen molar-refractivity contribution in [2.24, 2.45) is 5.92 Å². The lowest BCUT2D eigenvalue weighted by Crippen LogP contribution is -2.17. The van der Waals surface area contributed by atoms with Crippen molar-refractivity contribution in [2.45, 2.75) is 19.8 Å². The van der Waals surface area contributed by atoms with Crippen LogP contribution in [0, 0.1) is 11.7 Å². The van der Waals surface area contributed by atoms with Gasteiger partial charge in [0.05, 0.1) is 18.4 Å². The summed E-state index contributed by atoms with van der Waals surface area (Å²) in [6, 6.07) is 11.0. The van der Waals surface area contributed by atoms with Crippen molar-refractivity contribution in [2.75, 3.05) is 12.4 Å². The van der Waals surface area contributed by atoms with Gasteiger partial charge in [0, 0.05) is 6.42 Å². The highest BCUT2D eigenvalue weighted by molar-refractivity contribution is 5.92. The van der Waals surface area contributed by atoms with Gasteiger partial charge >= 0.3 is 5.97 Å². The van der Waals surface area contributed by atoms with E-state index in [2.05, 4.69) is 5.32 Å². The predicted octanol–water partition coefficient (Wildman–Crippen LogP) is 3.74. The Morgan fingerprint density at radius 3 is 2.60 bits per heavy atom. The van der Waals surface area contributed by atoms with Crippen LogP contribution in [0.5, 0.6) is 5.75 Å². The lowest BCUT2D eigenvalue weighted by molar-refractivity contribution is -0.117. The van der Waals surface area contributed by atoms with Crippen LogP contribution in [0.25, 0.3) is 0 Å². The first kappa shape index (κ1) is 18.4. The van der Waals surface area contributed by atoms with E-state index >= 15 is 0 Å². The number of amides is 1. The average Bonchev–Trinajstić information content (AvgIpc) is 2.56. The van der Waals surface area contributed by atoms with Gasteiger partial charge < -0.3 is 15.2 Å². The molecule has 0 fully saturated rings. The molecule has 2 aromatic carbocycles. The Morgan fingerprint density at radius 1 is 1.24 bits per heavy atom.